The number of halogens is 3. The van der Waals surface area contributed by atoms with Crippen molar-refractivity contribution in [2.24, 2.45) is 0 Å². The number of hydrogen-bond donors (Lipinski definition) is 1. The van der Waals surface area contributed by atoms with Gasteiger partial charge in [-0.05, 0) is 42.5 Å². The summed E-state index contributed by atoms with van der Waals surface area (Å²) in [4.78, 5) is 12.8. The summed E-state index contributed by atoms with van der Waals surface area (Å²) in [5.74, 6) is -0.535. The molecule has 1 N–H and O–H groups in total. The first-order valence-corrected chi connectivity index (χ1v) is 11.0. The molecule has 148 valence electrons. The van der Waals surface area contributed by atoms with E-state index in [1.807, 2.05) is 0 Å². The van der Waals surface area contributed by atoms with Gasteiger partial charge in [-0.15, -0.1) is 0 Å². The van der Waals surface area contributed by atoms with Gasteiger partial charge in [-0.2, -0.15) is 0 Å². The Morgan fingerprint density at radius 2 is 1.55 bits per heavy atom. The van der Waals surface area contributed by atoms with Gasteiger partial charge in [-0.25, -0.2) is 8.42 Å². The first-order chi connectivity index (χ1) is 13.8. The molecule has 3 aromatic rings. The molecule has 1 aliphatic rings. The summed E-state index contributed by atoms with van der Waals surface area (Å²) < 4.78 is 27.5. The van der Waals surface area contributed by atoms with Gasteiger partial charge in [0.25, 0.3) is 10.0 Å². The monoisotopic (exact) mass is 466 g/mol. The predicted molar refractivity (Wildman–Crippen MR) is 117 cm³/mol. The Balaban J connectivity index is 1.73. The van der Waals surface area contributed by atoms with Crippen LogP contribution in [0.5, 0.6) is 0 Å². The molecule has 3 aromatic carbocycles. The Bertz CT molecular complexity index is 1230. The summed E-state index contributed by atoms with van der Waals surface area (Å²) in [7, 11) is -3.94. The standard InChI is InChI=1S/C20H13Cl3N2O3S/c21-12-5-6-18-17(10-12)16-3-1-2-4-19(16)29(27,28)25(18)11-20(26)24-15-8-13(22)7-14(23)9-15/h1-10H,11H2,(H,24,26). The fourth-order valence-corrected chi connectivity index (χ4v) is 5.58. The largest absolute Gasteiger partial charge is 0.324 e. The molecule has 0 fully saturated rings. The average molecular weight is 468 g/mol. The van der Waals surface area contributed by atoms with Gasteiger partial charge < -0.3 is 5.32 Å². The van der Waals surface area contributed by atoms with Crippen molar-refractivity contribution in [3.05, 3.63) is 75.7 Å². The first-order valence-electron chi connectivity index (χ1n) is 8.43. The van der Waals surface area contributed by atoms with E-state index >= 15 is 0 Å². The highest BCUT2D eigenvalue weighted by molar-refractivity contribution is 7.93. The third-order valence-electron chi connectivity index (χ3n) is 4.41. The molecule has 0 bridgehead atoms. The van der Waals surface area contributed by atoms with Gasteiger partial charge in [0.15, 0.2) is 0 Å². The lowest BCUT2D eigenvalue weighted by atomic mass is 10.0. The number of carbonyl (C=O) groups is 1. The molecule has 0 aromatic heterocycles. The Morgan fingerprint density at radius 1 is 0.862 bits per heavy atom. The molecule has 0 unspecified atom stereocenters. The molecule has 0 saturated carbocycles. The molecule has 5 nitrogen and oxygen atoms in total. The second kappa shape index (κ2) is 7.54. The molecule has 0 radical (unpaired) electrons. The number of rotatable bonds is 3. The lowest BCUT2D eigenvalue weighted by Crippen LogP contribution is -2.40. The van der Waals surface area contributed by atoms with E-state index in [4.69, 9.17) is 34.8 Å². The average Bonchev–Trinajstić information content (AvgIpc) is 2.64. The van der Waals surface area contributed by atoms with E-state index in [1.165, 1.54) is 24.3 Å². The number of nitrogens with zero attached hydrogens (tertiary/aromatic N) is 1. The SMILES string of the molecule is O=C(CN1c2ccc(Cl)cc2-c2ccccc2S1(=O)=O)Nc1cc(Cl)cc(Cl)c1. The fraction of sp³-hybridized carbons (Fsp3) is 0.0500. The van der Waals surface area contributed by atoms with Crippen LogP contribution in [0.2, 0.25) is 15.1 Å². The fourth-order valence-electron chi connectivity index (χ4n) is 3.23. The van der Waals surface area contributed by atoms with Gasteiger partial charge >= 0.3 is 0 Å². The van der Waals surface area contributed by atoms with Crippen molar-refractivity contribution >= 4 is 62.1 Å². The Hall–Kier alpha value is -2.25. The minimum Gasteiger partial charge on any atom is -0.324 e. The van der Waals surface area contributed by atoms with E-state index in [-0.39, 0.29) is 4.90 Å². The molecule has 4 rings (SSSR count). The second-order valence-corrected chi connectivity index (χ2v) is 9.52. The van der Waals surface area contributed by atoms with E-state index in [0.29, 0.717) is 37.6 Å². The normalized spacial score (nSPS) is 14.1. The summed E-state index contributed by atoms with van der Waals surface area (Å²) in [6, 6.07) is 16.1. The lowest BCUT2D eigenvalue weighted by molar-refractivity contribution is -0.114. The maximum absolute atomic E-state index is 13.2. The van der Waals surface area contributed by atoms with Crippen molar-refractivity contribution in [3.8, 4) is 11.1 Å². The number of sulfonamides is 1. The minimum atomic E-state index is -3.94. The number of carbonyl (C=O) groups excluding carboxylic acids is 1. The van der Waals surface area contributed by atoms with Crippen molar-refractivity contribution < 1.29 is 13.2 Å². The molecule has 9 heteroatoms. The Kier molecular flexibility index (Phi) is 5.21. The zero-order chi connectivity index (χ0) is 20.8. The van der Waals surface area contributed by atoms with E-state index in [0.717, 1.165) is 4.31 Å². The third kappa shape index (κ3) is 3.81. The van der Waals surface area contributed by atoms with Crippen LogP contribution in [0.25, 0.3) is 11.1 Å². The molecule has 0 aliphatic carbocycles. The maximum Gasteiger partial charge on any atom is 0.265 e. The number of hydrogen-bond acceptors (Lipinski definition) is 3. The zero-order valence-corrected chi connectivity index (χ0v) is 17.8. The van der Waals surface area contributed by atoms with Crippen molar-refractivity contribution in [1.29, 1.82) is 0 Å². The summed E-state index contributed by atoms with van der Waals surface area (Å²) in [6.07, 6.45) is 0. The number of benzene rings is 3. The van der Waals surface area contributed by atoms with Gasteiger partial charge in [0.1, 0.15) is 6.54 Å². The lowest BCUT2D eigenvalue weighted by Gasteiger charge is -2.31. The number of fused-ring (bicyclic) bond motifs is 3. The second-order valence-electron chi connectivity index (χ2n) is 6.38. The summed E-state index contributed by atoms with van der Waals surface area (Å²) in [5, 5.41) is 3.81. The zero-order valence-electron chi connectivity index (χ0n) is 14.7. The Labute approximate surface area is 182 Å². The molecule has 0 saturated heterocycles. The van der Waals surface area contributed by atoms with Crippen LogP contribution in [-0.2, 0) is 14.8 Å². The van der Waals surface area contributed by atoms with E-state index in [9.17, 15) is 13.2 Å². The molecular weight excluding hydrogens is 455 g/mol. The highest BCUT2D eigenvalue weighted by Crippen LogP contribution is 2.43. The topological polar surface area (TPSA) is 66.5 Å². The van der Waals surface area contributed by atoms with Crippen molar-refractivity contribution in [3.63, 3.8) is 0 Å². The molecule has 1 heterocycles. The van der Waals surface area contributed by atoms with Crippen LogP contribution in [0.3, 0.4) is 0 Å². The number of amides is 1. The summed E-state index contributed by atoms with van der Waals surface area (Å²) in [6.45, 7) is -0.421. The summed E-state index contributed by atoms with van der Waals surface area (Å²) in [5.41, 5.74) is 1.94. The van der Waals surface area contributed by atoms with E-state index in [2.05, 4.69) is 5.32 Å². The van der Waals surface area contributed by atoms with E-state index < -0.39 is 22.5 Å². The van der Waals surface area contributed by atoms with Crippen molar-refractivity contribution in [1.82, 2.24) is 0 Å². The van der Waals surface area contributed by atoms with Gasteiger partial charge in [-0.1, -0.05) is 53.0 Å². The summed E-state index contributed by atoms with van der Waals surface area (Å²) >= 11 is 18.0. The number of nitrogens with one attached hydrogen (secondary N) is 1. The van der Waals surface area contributed by atoms with Gasteiger partial charge in [0.05, 0.1) is 10.6 Å². The molecule has 0 spiro atoms. The highest BCUT2D eigenvalue weighted by Gasteiger charge is 2.35. The maximum atomic E-state index is 13.2. The van der Waals surface area contributed by atoms with Gasteiger partial charge in [0, 0.05) is 31.9 Å². The van der Waals surface area contributed by atoms with Crippen molar-refractivity contribution in [2.45, 2.75) is 4.90 Å². The number of anilines is 2. The van der Waals surface area contributed by atoms with Crippen LogP contribution in [0, 0.1) is 0 Å². The molecule has 29 heavy (non-hydrogen) atoms. The quantitative estimate of drug-likeness (QED) is 0.556. The molecular formula is C20H13Cl3N2O3S. The third-order valence-corrected chi connectivity index (χ3v) is 6.90. The van der Waals surface area contributed by atoms with Crippen molar-refractivity contribution in [2.75, 3.05) is 16.2 Å². The van der Waals surface area contributed by atoms with Crippen LogP contribution in [-0.4, -0.2) is 20.9 Å². The highest BCUT2D eigenvalue weighted by atomic mass is 35.5. The van der Waals surface area contributed by atoms with Crippen LogP contribution in [0.4, 0.5) is 11.4 Å². The smallest absolute Gasteiger partial charge is 0.265 e. The van der Waals surface area contributed by atoms with Crippen LogP contribution in [0.1, 0.15) is 0 Å². The van der Waals surface area contributed by atoms with Gasteiger partial charge in [0.2, 0.25) is 5.91 Å². The predicted octanol–water partition coefficient (Wildman–Crippen LogP) is 5.46. The molecule has 1 amide bonds. The van der Waals surface area contributed by atoms with Gasteiger partial charge in [-0.3, -0.25) is 9.10 Å². The Morgan fingerprint density at radius 3 is 2.28 bits per heavy atom. The first kappa shape index (κ1) is 20.0. The van der Waals surface area contributed by atoms with Crippen LogP contribution < -0.4 is 9.62 Å². The van der Waals surface area contributed by atoms with Crippen LogP contribution >= 0.6 is 34.8 Å². The van der Waals surface area contributed by atoms with Crippen LogP contribution in [0.15, 0.2) is 65.6 Å². The minimum absolute atomic E-state index is 0.119. The molecule has 0 atom stereocenters. The molecule has 1 aliphatic heterocycles. The van der Waals surface area contributed by atoms with E-state index in [1.54, 1.807) is 36.4 Å².